The normalized spacial score (nSPS) is 27.4. The molecule has 0 heterocycles. The van der Waals surface area contributed by atoms with Gasteiger partial charge in [0.05, 0.1) is 0 Å². The molecule has 0 saturated carbocycles. The second-order valence-corrected chi connectivity index (χ2v) is 4.74. The van der Waals surface area contributed by atoms with Crippen LogP contribution in [-0.4, -0.2) is 11.2 Å². The van der Waals surface area contributed by atoms with Gasteiger partial charge in [-0.15, -0.1) is 22.4 Å². The van der Waals surface area contributed by atoms with Crippen molar-refractivity contribution >= 4 is 33.6 Å². The number of allylic oxidation sites excluding steroid dienone is 2. The number of hydrogen-bond acceptors (Lipinski definition) is 1. The molecule has 1 N–H and O–H groups in total. The second-order valence-electron chi connectivity index (χ2n) is 4.12. The van der Waals surface area contributed by atoms with Gasteiger partial charge >= 0.3 is 5.27 Å². The predicted octanol–water partition coefficient (Wildman–Crippen LogP) is 2.31. The highest BCUT2D eigenvalue weighted by atomic mass is 127. The van der Waals surface area contributed by atoms with Gasteiger partial charge in [0.15, 0.2) is 0 Å². The fourth-order valence-electron chi connectivity index (χ4n) is 1.90. The summed E-state index contributed by atoms with van der Waals surface area (Å²) in [6.45, 7) is 4.38. The molecule has 1 rings (SSSR count). The predicted molar refractivity (Wildman–Crippen MR) is 68.1 cm³/mol. The molecule has 0 bridgehead atoms. The molecule has 0 aliphatic heterocycles. The van der Waals surface area contributed by atoms with Crippen LogP contribution >= 0.6 is 22.4 Å². The summed E-state index contributed by atoms with van der Waals surface area (Å²) in [5, 5.41) is 4.38. The van der Waals surface area contributed by atoms with E-state index < -0.39 is 0 Å². The summed E-state index contributed by atoms with van der Waals surface area (Å²) in [4.78, 5) is 11.3. The first kappa shape index (κ1) is 12.1. The van der Waals surface area contributed by atoms with Crippen molar-refractivity contribution in [2.24, 2.45) is 17.8 Å². The molecule has 0 aromatic carbocycles. The third-order valence-electron chi connectivity index (χ3n) is 2.78. The maximum absolute atomic E-state index is 11.3. The maximum atomic E-state index is 11.3. The number of rotatable bonds is 4. The van der Waals surface area contributed by atoms with Crippen LogP contribution in [0, 0.1) is 17.8 Å². The molecular weight excluding hydrogens is 288 g/mol. The fourth-order valence-corrected chi connectivity index (χ4v) is 2.25. The smallest absolute Gasteiger partial charge is 0.330 e. The Hall–Kier alpha value is 0.00494. The molecule has 1 amide bonds. The minimum absolute atomic E-state index is 0.125. The van der Waals surface area contributed by atoms with Crippen LogP contribution in [0.4, 0.5) is 0 Å². The highest BCUT2D eigenvalue weighted by Gasteiger charge is 2.22. The lowest BCUT2D eigenvalue weighted by Crippen LogP contribution is -2.27. The number of hydrogen-bond donors (Lipinski definition) is 1. The summed E-state index contributed by atoms with van der Waals surface area (Å²) < 4.78 is 0. The van der Waals surface area contributed by atoms with Crippen LogP contribution < -0.4 is 5.23 Å². The molecule has 14 heavy (non-hydrogen) atoms. The molecule has 0 spiro atoms. The van der Waals surface area contributed by atoms with E-state index in [1.807, 2.05) is 22.4 Å². The zero-order chi connectivity index (χ0) is 10.6. The zero-order valence-electron chi connectivity index (χ0n) is 8.66. The van der Waals surface area contributed by atoms with E-state index in [9.17, 15) is 4.79 Å². The Bertz CT molecular complexity index is 232. The highest BCUT2D eigenvalue weighted by molar-refractivity contribution is 14.1. The Labute approximate surface area is 100 Å². The summed E-state index contributed by atoms with van der Waals surface area (Å²) in [5.41, 5.74) is 0. The Kier molecular flexibility index (Phi) is 4.99. The van der Waals surface area contributed by atoms with Gasteiger partial charge in [0.1, 0.15) is 0 Å². The minimum Gasteiger partial charge on any atom is -0.393 e. The largest absolute Gasteiger partial charge is 0.393 e. The lowest BCUT2D eigenvalue weighted by molar-refractivity contribution is -0.120. The lowest BCUT2D eigenvalue weighted by atomic mass is 9.89. The SMILES string of the molecule is CC1C=CC(C(C)CC(=O)N[B]I)C1. The summed E-state index contributed by atoms with van der Waals surface area (Å²) in [6, 6.07) is 0. The van der Waals surface area contributed by atoms with E-state index in [-0.39, 0.29) is 5.91 Å². The molecule has 2 nitrogen and oxygen atoms in total. The first-order valence-corrected chi connectivity index (χ1v) is 6.27. The second kappa shape index (κ2) is 5.78. The van der Waals surface area contributed by atoms with Crippen LogP contribution in [0.3, 0.4) is 0 Å². The highest BCUT2D eigenvalue weighted by Crippen LogP contribution is 2.30. The van der Waals surface area contributed by atoms with Gasteiger partial charge in [-0.05, 0) is 24.2 Å². The number of nitrogens with one attached hydrogen (secondary N) is 1. The zero-order valence-corrected chi connectivity index (χ0v) is 10.8. The standard InChI is InChI=1S/C10H16BINO/c1-7-3-4-9(5-7)8(2)6-10(14)13-11-12/h3-4,7-9H,5-6H2,1-2H3,(H,13,14). The molecule has 3 unspecified atom stereocenters. The van der Waals surface area contributed by atoms with E-state index in [2.05, 4.69) is 31.2 Å². The molecule has 0 aromatic rings. The van der Waals surface area contributed by atoms with Crippen molar-refractivity contribution in [3.63, 3.8) is 0 Å². The molecule has 0 fully saturated rings. The van der Waals surface area contributed by atoms with Crippen LogP contribution in [0.15, 0.2) is 12.2 Å². The lowest BCUT2D eigenvalue weighted by Gasteiger charge is -2.17. The van der Waals surface area contributed by atoms with Crippen LogP contribution in [-0.2, 0) is 4.79 Å². The van der Waals surface area contributed by atoms with Crippen molar-refractivity contribution in [1.82, 2.24) is 5.23 Å². The average Bonchev–Trinajstić information content (AvgIpc) is 2.52. The van der Waals surface area contributed by atoms with Crippen molar-refractivity contribution in [3.05, 3.63) is 12.2 Å². The van der Waals surface area contributed by atoms with Gasteiger partial charge in [-0.3, -0.25) is 4.79 Å². The number of halogens is 1. The third kappa shape index (κ3) is 3.63. The number of carbonyl (C=O) groups is 1. The van der Waals surface area contributed by atoms with Crippen molar-refractivity contribution in [1.29, 1.82) is 0 Å². The molecule has 1 aliphatic carbocycles. The van der Waals surface area contributed by atoms with Crippen molar-refractivity contribution < 1.29 is 4.79 Å². The van der Waals surface area contributed by atoms with E-state index in [1.54, 1.807) is 5.27 Å². The van der Waals surface area contributed by atoms with Crippen LogP contribution in [0.2, 0.25) is 0 Å². The molecule has 0 aromatic heterocycles. The van der Waals surface area contributed by atoms with Gasteiger partial charge in [-0.25, -0.2) is 0 Å². The quantitative estimate of drug-likeness (QED) is 0.482. The Morgan fingerprint density at radius 1 is 1.71 bits per heavy atom. The Morgan fingerprint density at radius 2 is 2.43 bits per heavy atom. The number of carbonyl (C=O) groups excluding carboxylic acids is 1. The Balaban J connectivity index is 2.31. The molecule has 1 radical (unpaired) electrons. The van der Waals surface area contributed by atoms with Gasteiger partial charge in [-0.1, -0.05) is 26.0 Å². The monoisotopic (exact) mass is 304 g/mol. The third-order valence-corrected chi connectivity index (χ3v) is 3.10. The van der Waals surface area contributed by atoms with E-state index in [0.717, 1.165) is 0 Å². The first-order chi connectivity index (χ1) is 6.63. The van der Waals surface area contributed by atoms with Gasteiger partial charge < -0.3 is 5.23 Å². The summed E-state index contributed by atoms with van der Waals surface area (Å²) in [5.74, 6) is 1.85. The van der Waals surface area contributed by atoms with E-state index in [1.165, 1.54) is 6.42 Å². The molecule has 0 saturated heterocycles. The van der Waals surface area contributed by atoms with Crippen LogP contribution in [0.5, 0.6) is 0 Å². The van der Waals surface area contributed by atoms with Gasteiger partial charge in [0.2, 0.25) is 5.91 Å². The topological polar surface area (TPSA) is 29.1 Å². The average molecular weight is 304 g/mol. The van der Waals surface area contributed by atoms with Crippen LogP contribution in [0.1, 0.15) is 26.7 Å². The van der Waals surface area contributed by atoms with E-state index >= 15 is 0 Å². The molecular formula is C10H16BINO. The summed E-state index contributed by atoms with van der Waals surface area (Å²) >= 11 is 2.03. The molecule has 4 heteroatoms. The minimum atomic E-state index is 0.125. The summed E-state index contributed by atoms with van der Waals surface area (Å²) in [6.07, 6.45) is 6.34. The van der Waals surface area contributed by atoms with Crippen molar-refractivity contribution in [2.75, 3.05) is 0 Å². The molecule has 77 valence electrons. The van der Waals surface area contributed by atoms with Gasteiger partial charge in [0, 0.05) is 6.42 Å². The van der Waals surface area contributed by atoms with Gasteiger partial charge in [-0.2, -0.15) is 0 Å². The maximum Gasteiger partial charge on any atom is 0.330 e. The van der Waals surface area contributed by atoms with E-state index in [0.29, 0.717) is 24.2 Å². The van der Waals surface area contributed by atoms with Gasteiger partial charge in [0.25, 0.3) is 0 Å². The number of amides is 1. The van der Waals surface area contributed by atoms with Crippen LogP contribution in [0.25, 0.3) is 0 Å². The van der Waals surface area contributed by atoms with E-state index in [4.69, 9.17) is 0 Å². The van der Waals surface area contributed by atoms with Crippen molar-refractivity contribution in [2.45, 2.75) is 26.7 Å². The molecule has 1 aliphatic rings. The Morgan fingerprint density at radius 3 is 2.93 bits per heavy atom. The first-order valence-electron chi connectivity index (χ1n) is 5.03. The molecule has 3 atom stereocenters. The fraction of sp³-hybridized carbons (Fsp3) is 0.700. The summed E-state index contributed by atoms with van der Waals surface area (Å²) in [7, 11) is 0. The van der Waals surface area contributed by atoms with Crippen molar-refractivity contribution in [3.8, 4) is 0 Å².